The molecule has 4 fully saturated rings. The number of hydrogen-bond donors (Lipinski definition) is 0. The largest absolute Gasteiger partial charge is 0.465 e. The Kier molecular flexibility index (Phi) is 3.28. The van der Waals surface area contributed by atoms with E-state index in [1.165, 1.54) is 25.7 Å². The SMILES string of the molecule is CCC(C)C(CC)(CC)C1(CC)CC23COC(=O)C1(C2)C3. The van der Waals surface area contributed by atoms with Crippen LogP contribution in [0.25, 0.3) is 0 Å². The van der Waals surface area contributed by atoms with Crippen molar-refractivity contribution in [2.45, 2.75) is 79.6 Å². The Labute approximate surface area is 130 Å². The molecule has 0 spiro atoms. The number of carbonyl (C=O) groups is 1. The second-order valence-electron chi connectivity index (χ2n) is 8.30. The molecule has 0 aromatic carbocycles. The van der Waals surface area contributed by atoms with Gasteiger partial charge >= 0.3 is 5.97 Å². The van der Waals surface area contributed by atoms with Gasteiger partial charge in [0.25, 0.3) is 0 Å². The number of rotatable bonds is 6. The third-order valence-electron chi connectivity index (χ3n) is 8.22. The normalized spacial score (nSPS) is 42.4. The minimum atomic E-state index is -0.143. The third kappa shape index (κ3) is 1.43. The van der Waals surface area contributed by atoms with Crippen molar-refractivity contribution in [3.8, 4) is 0 Å². The number of hydrogen-bond acceptors (Lipinski definition) is 2. The summed E-state index contributed by atoms with van der Waals surface area (Å²) < 4.78 is 5.62. The molecule has 0 aromatic heterocycles. The molecule has 21 heavy (non-hydrogen) atoms. The highest BCUT2D eigenvalue weighted by molar-refractivity contribution is 5.83. The van der Waals surface area contributed by atoms with Crippen molar-refractivity contribution < 1.29 is 9.53 Å². The minimum Gasteiger partial charge on any atom is -0.465 e. The molecule has 2 heteroatoms. The Bertz CT molecular complexity index is 442. The molecule has 0 N–H and O–H groups in total. The van der Waals surface area contributed by atoms with Gasteiger partial charge in [-0.05, 0) is 55.3 Å². The molecular weight excluding hydrogens is 260 g/mol. The van der Waals surface area contributed by atoms with Gasteiger partial charge in [-0.2, -0.15) is 0 Å². The zero-order chi connectivity index (χ0) is 15.5. The predicted molar refractivity (Wildman–Crippen MR) is 84.9 cm³/mol. The van der Waals surface area contributed by atoms with Crippen LogP contribution >= 0.6 is 0 Å². The number of esters is 1. The fourth-order valence-electron chi connectivity index (χ4n) is 7.31. The number of carbonyl (C=O) groups excluding carboxylic acids is 1. The maximum absolute atomic E-state index is 12.8. The second-order valence-corrected chi connectivity index (χ2v) is 8.30. The van der Waals surface area contributed by atoms with Gasteiger partial charge in [-0.1, -0.05) is 41.0 Å². The van der Waals surface area contributed by atoms with E-state index in [2.05, 4.69) is 34.6 Å². The predicted octanol–water partition coefficient (Wildman–Crippen LogP) is 4.96. The lowest BCUT2D eigenvalue weighted by Crippen LogP contribution is -2.60. The smallest absolute Gasteiger partial charge is 0.312 e. The van der Waals surface area contributed by atoms with Crippen LogP contribution in [-0.4, -0.2) is 12.6 Å². The van der Waals surface area contributed by atoms with E-state index < -0.39 is 0 Å². The molecule has 0 amide bonds. The van der Waals surface area contributed by atoms with E-state index in [1.54, 1.807) is 0 Å². The van der Waals surface area contributed by atoms with Gasteiger partial charge in [-0.15, -0.1) is 0 Å². The van der Waals surface area contributed by atoms with Crippen molar-refractivity contribution in [2.24, 2.45) is 27.6 Å². The van der Waals surface area contributed by atoms with Crippen LogP contribution in [0.2, 0.25) is 0 Å². The molecule has 2 atom stereocenters. The molecule has 1 aliphatic heterocycles. The van der Waals surface area contributed by atoms with Crippen LogP contribution in [0.3, 0.4) is 0 Å². The lowest BCUT2D eigenvalue weighted by atomic mass is 9.44. The number of cyclic esters (lactones) is 1. The minimum absolute atomic E-state index is 0.137. The van der Waals surface area contributed by atoms with Crippen molar-refractivity contribution in [3.05, 3.63) is 0 Å². The first-order valence-corrected chi connectivity index (χ1v) is 9.09. The highest BCUT2D eigenvalue weighted by atomic mass is 16.5. The molecule has 3 aliphatic carbocycles. The highest BCUT2D eigenvalue weighted by Crippen LogP contribution is 2.84. The van der Waals surface area contributed by atoms with E-state index in [4.69, 9.17) is 4.74 Å². The second kappa shape index (κ2) is 4.49. The molecule has 0 aromatic rings. The molecule has 1 heterocycles. The average Bonchev–Trinajstić information content (AvgIpc) is 2.88. The summed E-state index contributed by atoms with van der Waals surface area (Å²) in [4.78, 5) is 12.8. The van der Waals surface area contributed by atoms with Crippen molar-refractivity contribution >= 4 is 5.97 Å². The fourth-order valence-corrected chi connectivity index (χ4v) is 7.31. The number of ether oxygens (including phenoxy) is 1. The Balaban J connectivity index is 2.15. The molecular formula is C19H32O2. The average molecular weight is 292 g/mol. The van der Waals surface area contributed by atoms with E-state index in [0.717, 1.165) is 19.3 Å². The van der Waals surface area contributed by atoms with Gasteiger partial charge in [-0.3, -0.25) is 4.79 Å². The first-order chi connectivity index (χ1) is 9.91. The standard InChI is InChI=1S/C19H32O2/c1-6-14(5)17(7-2,8-3)19(9-4)12-16-10-18(19,11-16)15(20)21-13-16/h14H,6-13H2,1-5H3. The summed E-state index contributed by atoms with van der Waals surface area (Å²) in [6.07, 6.45) is 8.19. The molecule has 2 nitrogen and oxygen atoms in total. The number of fused-ring (bicyclic) bond motifs is 1. The van der Waals surface area contributed by atoms with Gasteiger partial charge < -0.3 is 4.74 Å². The van der Waals surface area contributed by atoms with Crippen LogP contribution in [0.15, 0.2) is 0 Å². The molecule has 1 saturated heterocycles. The maximum Gasteiger partial charge on any atom is 0.312 e. The summed E-state index contributed by atoms with van der Waals surface area (Å²) in [6, 6.07) is 0. The molecule has 120 valence electrons. The summed E-state index contributed by atoms with van der Waals surface area (Å²) in [7, 11) is 0. The summed E-state index contributed by atoms with van der Waals surface area (Å²) in [6.45, 7) is 12.5. The van der Waals surface area contributed by atoms with E-state index in [-0.39, 0.29) is 22.2 Å². The van der Waals surface area contributed by atoms with Crippen LogP contribution in [-0.2, 0) is 9.53 Å². The summed E-state index contributed by atoms with van der Waals surface area (Å²) in [5, 5.41) is 0. The van der Waals surface area contributed by atoms with Crippen LogP contribution in [0.4, 0.5) is 0 Å². The quantitative estimate of drug-likeness (QED) is 0.647. The Hall–Kier alpha value is -0.530. The summed E-state index contributed by atoms with van der Waals surface area (Å²) >= 11 is 0. The van der Waals surface area contributed by atoms with Gasteiger partial charge in [0, 0.05) is 5.41 Å². The molecule has 2 bridgehead atoms. The van der Waals surface area contributed by atoms with Crippen LogP contribution < -0.4 is 0 Å². The van der Waals surface area contributed by atoms with Gasteiger partial charge in [0.05, 0.1) is 12.0 Å². The van der Waals surface area contributed by atoms with Gasteiger partial charge in [-0.25, -0.2) is 0 Å². The van der Waals surface area contributed by atoms with E-state index in [9.17, 15) is 4.79 Å². The summed E-state index contributed by atoms with van der Waals surface area (Å²) in [5.41, 5.74) is 0.660. The molecule has 3 saturated carbocycles. The maximum atomic E-state index is 12.8. The molecule has 0 radical (unpaired) electrons. The zero-order valence-corrected chi connectivity index (χ0v) is 14.6. The van der Waals surface area contributed by atoms with E-state index >= 15 is 0 Å². The zero-order valence-electron chi connectivity index (χ0n) is 14.6. The van der Waals surface area contributed by atoms with Gasteiger partial charge in [0.1, 0.15) is 0 Å². The van der Waals surface area contributed by atoms with E-state index in [0.29, 0.717) is 17.9 Å². The first-order valence-electron chi connectivity index (χ1n) is 9.09. The van der Waals surface area contributed by atoms with E-state index in [1.807, 2.05) is 0 Å². The highest BCUT2D eigenvalue weighted by Gasteiger charge is 2.82. The van der Waals surface area contributed by atoms with Crippen LogP contribution in [0.5, 0.6) is 0 Å². The van der Waals surface area contributed by atoms with Crippen molar-refractivity contribution in [1.29, 1.82) is 0 Å². The summed E-state index contributed by atoms with van der Waals surface area (Å²) in [5.74, 6) is 0.810. The Morgan fingerprint density at radius 1 is 1.14 bits per heavy atom. The Morgan fingerprint density at radius 3 is 2.24 bits per heavy atom. The van der Waals surface area contributed by atoms with Crippen molar-refractivity contribution in [2.75, 3.05) is 6.61 Å². The van der Waals surface area contributed by atoms with Crippen molar-refractivity contribution in [3.63, 3.8) is 0 Å². The van der Waals surface area contributed by atoms with Crippen molar-refractivity contribution in [1.82, 2.24) is 0 Å². The third-order valence-corrected chi connectivity index (χ3v) is 8.22. The monoisotopic (exact) mass is 292 g/mol. The fraction of sp³-hybridized carbons (Fsp3) is 0.947. The first kappa shape index (κ1) is 15.4. The topological polar surface area (TPSA) is 26.3 Å². The van der Waals surface area contributed by atoms with Crippen LogP contribution in [0, 0.1) is 27.6 Å². The molecule has 4 rings (SSSR count). The molecule has 4 aliphatic rings. The van der Waals surface area contributed by atoms with Crippen LogP contribution in [0.1, 0.15) is 79.6 Å². The lowest BCUT2D eigenvalue weighted by Gasteiger charge is -2.60. The molecule has 2 unspecified atom stereocenters. The lowest BCUT2D eigenvalue weighted by molar-refractivity contribution is -0.208. The van der Waals surface area contributed by atoms with Gasteiger partial charge in [0.15, 0.2) is 0 Å². The Morgan fingerprint density at radius 2 is 1.76 bits per heavy atom. The van der Waals surface area contributed by atoms with Gasteiger partial charge in [0.2, 0.25) is 0 Å².